The Bertz CT molecular complexity index is 462. The Labute approximate surface area is 81.6 Å². The zero-order valence-electron chi connectivity index (χ0n) is 8.20. The van der Waals surface area contributed by atoms with E-state index in [9.17, 15) is 0 Å². The van der Waals surface area contributed by atoms with Gasteiger partial charge >= 0.3 is 0 Å². The van der Waals surface area contributed by atoms with Crippen molar-refractivity contribution in [1.82, 2.24) is 5.16 Å². The fraction of sp³-hybridized carbons (Fsp3) is 0.300. The van der Waals surface area contributed by atoms with E-state index in [1.807, 2.05) is 19.1 Å². The Hall–Kier alpha value is -1.55. The average molecular weight is 192 g/mol. The number of fused-ring (bicyclic) bond motifs is 1. The van der Waals surface area contributed by atoms with E-state index in [0.717, 1.165) is 28.0 Å². The lowest BCUT2D eigenvalue weighted by Crippen LogP contribution is -1.97. The van der Waals surface area contributed by atoms with E-state index in [4.69, 9.17) is 15.0 Å². The van der Waals surface area contributed by atoms with Gasteiger partial charge in [-0.05, 0) is 19.1 Å². The summed E-state index contributed by atoms with van der Waals surface area (Å²) in [6.07, 6.45) is 0. The zero-order chi connectivity index (χ0) is 10.1. The predicted octanol–water partition coefficient (Wildman–Crippen LogP) is 1.60. The van der Waals surface area contributed by atoms with Gasteiger partial charge in [0.1, 0.15) is 5.75 Å². The van der Waals surface area contributed by atoms with Crippen molar-refractivity contribution in [3.8, 4) is 5.75 Å². The first-order valence-electron chi connectivity index (χ1n) is 4.39. The molecule has 0 aliphatic heterocycles. The Morgan fingerprint density at radius 2 is 2.29 bits per heavy atom. The summed E-state index contributed by atoms with van der Waals surface area (Å²) in [5.41, 5.74) is 8.13. The van der Waals surface area contributed by atoms with E-state index in [1.165, 1.54) is 0 Å². The molecule has 1 aromatic carbocycles. The van der Waals surface area contributed by atoms with Crippen LogP contribution in [0.4, 0.5) is 0 Å². The lowest BCUT2D eigenvalue weighted by atomic mass is 10.1. The van der Waals surface area contributed by atoms with Gasteiger partial charge < -0.3 is 15.0 Å². The number of nitrogens with zero attached hydrogens (tertiary/aromatic N) is 1. The number of aryl methyl sites for hydroxylation is 1. The second-order valence-corrected chi connectivity index (χ2v) is 3.14. The van der Waals surface area contributed by atoms with Crippen molar-refractivity contribution in [1.29, 1.82) is 0 Å². The minimum absolute atomic E-state index is 0.419. The van der Waals surface area contributed by atoms with Gasteiger partial charge in [-0.25, -0.2) is 0 Å². The highest BCUT2D eigenvalue weighted by Crippen LogP contribution is 2.27. The first-order chi connectivity index (χ1) is 6.76. The summed E-state index contributed by atoms with van der Waals surface area (Å²) in [5, 5.41) is 4.86. The Kier molecular flexibility index (Phi) is 2.13. The summed E-state index contributed by atoms with van der Waals surface area (Å²) < 4.78 is 10.3. The van der Waals surface area contributed by atoms with Crippen LogP contribution in [0, 0.1) is 6.92 Å². The van der Waals surface area contributed by atoms with Crippen LogP contribution in [0.25, 0.3) is 11.0 Å². The third-order valence-electron chi connectivity index (χ3n) is 2.26. The van der Waals surface area contributed by atoms with Gasteiger partial charge in [0.15, 0.2) is 5.58 Å². The molecule has 0 unspecified atom stereocenters. The van der Waals surface area contributed by atoms with Crippen molar-refractivity contribution in [2.45, 2.75) is 13.5 Å². The molecule has 14 heavy (non-hydrogen) atoms. The maximum absolute atomic E-state index is 5.61. The van der Waals surface area contributed by atoms with Crippen molar-refractivity contribution >= 4 is 11.0 Å². The van der Waals surface area contributed by atoms with Gasteiger partial charge in [0.05, 0.1) is 12.8 Å². The number of ether oxygens (including phenoxy) is 1. The number of aromatic nitrogens is 1. The minimum atomic E-state index is 0.419. The highest BCUT2D eigenvalue weighted by molar-refractivity contribution is 5.83. The van der Waals surface area contributed by atoms with E-state index in [-0.39, 0.29) is 0 Å². The minimum Gasteiger partial charge on any atom is -0.497 e. The van der Waals surface area contributed by atoms with E-state index in [2.05, 4.69) is 5.16 Å². The van der Waals surface area contributed by atoms with Crippen LogP contribution in [0.2, 0.25) is 0 Å². The smallest absolute Gasteiger partial charge is 0.171 e. The third kappa shape index (κ3) is 1.24. The highest BCUT2D eigenvalue weighted by atomic mass is 16.5. The van der Waals surface area contributed by atoms with Crippen molar-refractivity contribution < 1.29 is 9.26 Å². The molecule has 0 aliphatic rings. The molecule has 2 N–H and O–H groups in total. The van der Waals surface area contributed by atoms with E-state index in [1.54, 1.807) is 7.11 Å². The lowest BCUT2D eigenvalue weighted by molar-refractivity contribution is 0.414. The molecule has 0 amide bonds. The fourth-order valence-corrected chi connectivity index (χ4v) is 1.47. The second kappa shape index (κ2) is 3.31. The van der Waals surface area contributed by atoms with Crippen LogP contribution < -0.4 is 10.5 Å². The predicted molar refractivity (Wildman–Crippen MR) is 53.2 cm³/mol. The van der Waals surface area contributed by atoms with Gasteiger partial charge in [-0.1, -0.05) is 5.16 Å². The molecular weight excluding hydrogens is 180 g/mol. The SMILES string of the molecule is COc1cc(CN)c2onc(C)c2c1. The second-order valence-electron chi connectivity index (χ2n) is 3.14. The van der Waals surface area contributed by atoms with Crippen molar-refractivity contribution in [3.63, 3.8) is 0 Å². The number of benzene rings is 1. The maximum atomic E-state index is 5.61. The highest BCUT2D eigenvalue weighted by Gasteiger charge is 2.10. The molecule has 0 bridgehead atoms. The molecule has 2 rings (SSSR count). The van der Waals surface area contributed by atoms with Crippen molar-refractivity contribution in [2.24, 2.45) is 5.73 Å². The van der Waals surface area contributed by atoms with Gasteiger partial charge in [0.25, 0.3) is 0 Å². The number of rotatable bonds is 2. The molecule has 0 atom stereocenters. The largest absolute Gasteiger partial charge is 0.497 e. The molecule has 0 spiro atoms. The molecule has 2 aromatic rings. The van der Waals surface area contributed by atoms with Crippen LogP contribution in [-0.4, -0.2) is 12.3 Å². The van der Waals surface area contributed by atoms with Crippen molar-refractivity contribution in [3.05, 3.63) is 23.4 Å². The molecule has 0 saturated heterocycles. The van der Waals surface area contributed by atoms with Crippen LogP contribution in [0.5, 0.6) is 5.75 Å². The van der Waals surface area contributed by atoms with Gasteiger partial charge in [-0.3, -0.25) is 0 Å². The van der Waals surface area contributed by atoms with Gasteiger partial charge in [0.2, 0.25) is 0 Å². The molecular formula is C10H12N2O2. The summed E-state index contributed by atoms with van der Waals surface area (Å²) in [6.45, 7) is 2.31. The lowest BCUT2D eigenvalue weighted by Gasteiger charge is -2.02. The molecule has 1 aromatic heterocycles. The van der Waals surface area contributed by atoms with Gasteiger partial charge in [0, 0.05) is 17.5 Å². The summed E-state index contributed by atoms with van der Waals surface area (Å²) >= 11 is 0. The van der Waals surface area contributed by atoms with E-state index >= 15 is 0 Å². The van der Waals surface area contributed by atoms with E-state index in [0.29, 0.717) is 6.54 Å². The number of hydrogen-bond acceptors (Lipinski definition) is 4. The van der Waals surface area contributed by atoms with Crippen LogP contribution in [0.15, 0.2) is 16.7 Å². The molecule has 74 valence electrons. The molecule has 0 radical (unpaired) electrons. The Balaban J connectivity index is 2.76. The van der Waals surface area contributed by atoms with Gasteiger partial charge in [-0.2, -0.15) is 0 Å². The summed E-state index contributed by atoms with van der Waals surface area (Å²) in [6, 6.07) is 3.77. The Morgan fingerprint density at radius 1 is 1.50 bits per heavy atom. The van der Waals surface area contributed by atoms with Crippen LogP contribution in [-0.2, 0) is 6.54 Å². The Morgan fingerprint density at radius 3 is 2.93 bits per heavy atom. The number of hydrogen-bond donors (Lipinski definition) is 1. The number of methoxy groups -OCH3 is 1. The van der Waals surface area contributed by atoms with Gasteiger partial charge in [-0.15, -0.1) is 0 Å². The zero-order valence-corrected chi connectivity index (χ0v) is 8.20. The molecule has 4 nitrogen and oxygen atoms in total. The van der Waals surface area contributed by atoms with Crippen LogP contribution >= 0.6 is 0 Å². The topological polar surface area (TPSA) is 61.3 Å². The molecule has 0 aliphatic carbocycles. The quantitative estimate of drug-likeness (QED) is 0.785. The third-order valence-corrected chi connectivity index (χ3v) is 2.26. The average Bonchev–Trinajstić information content (AvgIpc) is 2.59. The molecule has 0 saturated carbocycles. The molecule has 4 heteroatoms. The molecule has 0 fully saturated rings. The van der Waals surface area contributed by atoms with Crippen molar-refractivity contribution in [2.75, 3.05) is 7.11 Å². The summed E-state index contributed by atoms with van der Waals surface area (Å²) in [7, 11) is 1.63. The molecule has 1 heterocycles. The summed E-state index contributed by atoms with van der Waals surface area (Å²) in [5.74, 6) is 0.782. The monoisotopic (exact) mass is 192 g/mol. The normalized spacial score (nSPS) is 10.8. The maximum Gasteiger partial charge on any atom is 0.171 e. The fourth-order valence-electron chi connectivity index (χ4n) is 1.47. The first-order valence-corrected chi connectivity index (χ1v) is 4.39. The number of nitrogens with two attached hydrogens (primary N) is 1. The summed E-state index contributed by atoms with van der Waals surface area (Å²) in [4.78, 5) is 0. The first kappa shape index (κ1) is 9.02. The van der Waals surface area contributed by atoms with E-state index < -0.39 is 0 Å². The van der Waals surface area contributed by atoms with Crippen LogP contribution in [0.1, 0.15) is 11.3 Å². The van der Waals surface area contributed by atoms with Crippen LogP contribution in [0.3, 0.4) is 0 Å². The standard InChI is InChI=1S/C10H12N2O2/c1-6-9-4-8(13-2)3-7(5-11)10(9)14-12-6/h3-4H,5,11H2,1-2H3.